The second kappa shape index (κ2) is 9.92. The normalized spacial score (nSPS) is 10.9. The highest BCUT2D eigenvalue weighted by Crippen LogP contribution is 2.30. The van der Waals surface area contributed by atoms with Crippen LogP contribution in [0.5, 0.6) is 0 Å². The summed E-state index contributed by atoms with van der Waals surface area (Å²) in [5, 5.41) is 7.88. The molecule has 0 heterocycles. The van der Waals surface area contributed by atoms with Gasteiger partial charge in [0.05, 0.1) is 5.56 Å². The van der Waals surface area contributed by atoms with E-state index in [1.165, 1.54) is 24.3 Å². The van der Waals surface area contributed by atoms with E-state index in [9.17, 15) is 22.8 Å². The van der Waals surface area contributed by atoms with Crippen LogP contribution in [0.1, 0.15) is 26.3 Å². The molecule has 0 fully saturated rings. The topological polar surface area (TPSA) is 70.2 Å². The van der Waals surface area contributed by atoms with E-state index >= 15 is 0 Å². The average molecular weight is 522 g/mol. The highest BCUT2D eigenvalue weighted by molar-refractivity contribution is 9.10. The molecule has 0 unspecified atom stereocenters. The highest BCUT2D eigenvalue weighted by atomic mass is 79.9. The summed E-state index contributed by atoms with van der Waals surface area (Å²) in [4.78, 5) is 24.6. The Labute approximate surface area is 195 Å². The third kappa shape index (κ3) is 6.38. The molecule has 0 aliphatic carbocycles. The fourth-order valence-corrected chi connectivity index (χ4v) is 3.26. The van der Waals surface area contributed by atoms with Crippen molar-refractivity contribution in [3.8, 4) is 0 Å². The molecule has 0 radical (unpaired) electrons. The minimum Gasteiger partial charge on any atom is -0.332 e. The second-order valence-electron chi connectivity index (χ2n) is 6.53. The van der Waals surface area contributed by atoms with Crippen molar-refractivity contribution in [2.45, 2.75) is 6.18 Å². The predicted octanol–water partition coefficient (Wildman–Crippen LogP) is 5.85. The second-order valence-corrected chi connectivity index (χ2v) is 7.85. The molecule has 0 aliphatic rings. The highest BCUT2D eigenvalue weighted by Gasteiger charge is 2.30. The van der Waals surface area contributed by atoms with Gasteiger partial charge >= 0.3 is 6.18 Å². The zero-order valence-corrected chi connectivity index (χ0v) is 18.6. The van der Waals surface area contributed by atoms with Crippen LogP contribution >= 0.6 is 28.1 Å². The first kappa shape index (κ1) is 23.4. The Hall–Kier alpha value is -3.24. The Balaban J connectivity index is 1.59. The molecule has 0 aromatic heterocycles. The number of amides is 2. The maximum absolute atomic E-state index is 12.8. The van der Waals surface area contributed by atoms with E-state index in [-0.39, 0.29) is 22.3 Å². The molecule has 2 amide bonds. The lowest BCUT2D eigenvalue weighted by molar-refractivity contribution is -0.137. The monoisotopic (exact) mass is 521 g/mol. The van der Waals surface area contributed by atoms with E-state index in [0.29, 0.717) is 11.3 Å². The van der Waals surface area contributed by atoms with Crippen LogP contribution in [-0.4, -0.2) is 16.9 Å². The molecule has 0 saturated heterocycles. The SMILES string of the molecule is O=C(NC(=S)Nc1ccc(C(=O)Nc2cccc(C(F)(F)F)c2)cc1)c1cccc(Br)c1. The van der Waals surface area contributed by atoms with Gasteiger partial charge in [-0.3, -0.25) is 14.9 Å². The number of halogens is 4. The summed E-state index contributed by atoms with van der Waals surface area (Å²) in [5.41, 5.74) is 0.346. The Kier molecular flexibility index (Phi) is 7.26. The Morgan fingerprint density at radius 3 is 2.12 bits per heavy atom. The van der Waals surface area contributed by atoms with Crippen molar-refractivity contribution in [3.63, 3.8) is 0 Å². The largest absolute Gasteiger partial charge is 0.416 e. The first-order valence-electron chi connectivity index (χ1n) is 9.08. The predicted molar refractivity (Wildman–Crippen MR) is 124 cm³/mol. The molecule has 3 N–H and O–H groups in total. The molecule has 3 rings (SSSR count). The van der Waals surface area contributed by atoms with Crippen LogP contribution in [0.25, 0.3) is 0 Å². The van der Waals surface area contributed by atoms with E-state index in [1.807, 2.05) is 0 Å². The van der Waals surface area contributed by atoms with Crippen molar-refractivity contribution in [2.24, 2.45) is 0 Å². The van der Waals surface area contributed by atoms with Gasteiger partial charge in [0, 0.05) is 27.0 Å². The number of nitrogens with one attached hydrogen (secondary N) is 3. The van der Waals surface area contributed by atoms with E-state index < -0.39 is 17.6 Å². The van der Waals surface area contributed by atoms with Gasteiger partial charge in [0.15, 0.2) is 5.11 Å². The number of rotatable bonds is 4. The van der Waals surface area contributed by atoms with Gasteiger partial charge in [0.1, 0.15) is 0 Å². The van der Waals surface area contributed by atoms with E-state index in [2.05, 4.69) is 31.9 Å². The van der Waals surface area contributed by atoms with E-state index in [0.717, 1.165) is 16.6 Å². The van der Waals surface area contributed by atoms with Gasteiger partial charge in [0.2, 0.25) is 0 Å². The molecule has 0 aliphatic heterocycles. The van der Waals surface area contributed by atoms with Crippen LogP contribution in [-0.2, 0) is 6.18 Å². The van der Waals surface area contributed by atoms with Crippen LogP contribution in [0.3, 0.4) is 0 Å². The van der Waals surface area contributed by atoms with Crippen molar-refractivity contribution in [1.29, 1.82) is 0 Å². The number of alkyl halides is 3. The number of carbonyl (C=O) groups is 2. The van der Waals surface area contributed by atoms with Crippen LogP contribution < -0.4 is 16.0 Å². The molecular formula is C22H15BrF3N3O2S. The Morgan fingerprint density at radius 2 is 1.47 bits per heavy atom. The van der Waals surface area contributed by atoms with Crippen molar-refractivity contribution in [2.75, 3.05) is 10.6 Å². The minimum absolute atomic E-state index is 0.0310. The quantitative estimate of drug-likeness (QED) is 0.377. The molecule has 0 bridgehead atoms. The summed E-state index contributed by atoms with van der Waals surface area (Å²) >= 11 is 8.42. The zero-order chi connectivity index (χ0) is 23.3. The molecule has 32 heavy (non-hydrogen) atoms. The molecule has 5 nitrogen and oxygen atoms in total. The number of thiocarbonyl (C=S) groups is 1. The molecule has 3 aromatic rings. The summed E-state index contributed by atoms with van der Waals surface area (Å²) < 4.78 is 39.2. The van der Waals surface area contributed by atoms with E-state index in [4.69, 9.17) is 12.2 Å². The third-order valence-electron chi connectivity index (χ3n) is 4.17. The Bertz CT molecular complexity index is 1170. The molecule has 0 spiro atoms. The molecule has 3 aromatic carbocycles. The van der Waals surface area contributed by atoms with Crippen molar-refractivity contribution in [3.05, 3.63) is 94.0 Å². The van der Waals surface area contributed by atoms with Gasteiger partial charge in [-0.2, -0.15) is 13.2 Å². The minimum atomic E-state index is -4.50. The van der Waals surface area contributed by atoms with Gasteiger partial charge in [0.25, 0.3) is 11.8 Å². The standard InChI is InChI=1S/C22H15BrF3N3O2S/c23-16-5-1-3-14(11-16)20(31)29-21(32)28-17-9-7-13(8-10-17)19(30)27-18-6-2-4-15(12-18)22(24,25)26/h1-12H,(H,27,30)(H2,28,29,31,32). The lowest BCUT2D eigenvalue weighted by Gasteiger charge is -2.11. The number of anilines is 2. The lowest BCUT2D eigenvalue weighted by Crippen LogP contribution is -2.34. The molecule has 0 saturated carbocycles. The van der Waals surface area contributed by atoms with Crippen LogP contribution in [0, 0.1) is 0 Å². The number of hydrogen-bond donors (Lipinski definition) is 3. The number of hydrogen-bond acceptors (Lipinski definition) is 3. The Morgan fingerprint density at radius 1 is 0.781 bits per heavy atom. The van der Waals surface area contributed by atoms with Gasteiger partial charge in [-0.25, -0.2) is 0 Å². The molecule has 0 atom stereocenters. The smallest absolute Gasteiger partial charge is 0.332 e. The van der Waals surface area contributed by atoms with Crippen molar-refractivity contribution in [1.82, 2.24) is 5.32 Å². The van der Waals surface area contributed by atoms with E-state index in [1.54, 1.807) is 36.4 Å². The molecular weight excluding hydrogens is 507 g/mol. The first-order valence-corrected chi connectivity index (χ1v) is 10.3. The van der Waals surface area contributed by atoms with Crippen molar-refractivity contribution < 1.29 is 22.8 Å². The van der Waals surface area contributed by atoms with Gasteiger partial charge < -0.3 is 10.6 Å². The van der Waals surface area contributed by atoms with Gasteiger partial charge in [-0.15, -0.1) is 0 Å². The summed E-state index contributed by atoms with van der Waals surface area (Å²) in [7, 11) is 0. The summed E-state index contributed by atoms with van der Waals surface area (Å²) in [6.45, 7) is 0. The maximum Gasteiger partial charge on any atom is 0.416 e. The summed E-state index contributed by atoms with van der Waals surface area (Å²) in [5.74, 6) is -0.956. The number of benzene rings is 3. The van der Waals surface area contributed by atoms with Crippen LogP contribution in [0.2, 0.25) is 0 Å². The fraction of sp³-hybridized carbons (Fsp3) is 0.0455. The number of carbonyl (C=O) groups excluding carboxylic acids is 2. The lowest BCUT2D eigenvalue weighted by atomic mass is 10.1. The van der Waals surface area contributed by atoms with Gasteiger partial charge in [-0.05, 0) is 72.9 Å². The summed E-state index contributed by atoms with van der Waals surface area (Å²) in [6.07, 6.45) is -4.50. The van der Waals surface area contributed by atoms with Crippen molar-refractivity contribution >= 4 is 56.4 Å². The molecule has 164 valence electrons. The van der Waals surface area contributed by atoms with Gasteiger partial charge in [-0.1, -0.05) is 28.1 Å². The maximum atomic E-state index is 12.8. The third-order valence-corrected chi connectivity index (χ3v) is 4.86. The fourth-order valence-electron chi connectivity index (χ4n) is 2.65. The molecule has 10 heteroatoms. The average Bonchev–Trinajstić information content (AvgIpc) is 2.73. The zero-order valence-electron chi connectivity index (χ0n) is 16.2. The van der Waals surface area contributed by atoms with Crippen LogP contribution in [0.15, 0.2) is 77.3 Å². The summed E-state index contributed by atoms with van der Waals surface area (Å²) in [6, 6.07) is 17.2. The van der Waals surface area contributed by atoms with Crippen LogP contribution in [0.4, 0.5) is 24.5 Å². The first-order chi connectivity index (χ1) is 15.1.